The highest BCUT2D eigenvalue weighted by Crippen LogP contribution is 2.41. The predicted molar refractivity (Wildman–Crippen MR) is 125 cm³/mol. The average molecular weight is 462 g/mol. The molecule has 9 heteroatoms. The van der Waals surface area contributed by atoms with Crippen molar-refractivity contribution < 1.29 is 14.4 Å². The van der Waals surface area contributed by atoms with Crippen molar-refractivity contribution in [2.75, 3.05) is 32.0 Å². The van der Waals surface area contributed by atoms with Gasteiger partial charge in [0, 0.05) is 44.5 Å². The Morgan fingerprint density at radius 2 is 1.91 bits per heavy atom. The highest BCUT2D eigenvalue weighted by atomic mass is 32.1. The van der Waals surface area contributed by atoms with Gasteiger partial charge < -0.3 is 20.0 Å². The number of hydrogen-bond acceptors (Lipinski definition) is 6. The standard InChI is InChI=1S/C23H35N5O3S/c1-4-27-11-9-17(10-12-27)26(3)22(31)20-13-16-7-5-6-8-19(16)28(20)21(30)18-14-32-23(25-18)24-15(2)29/h14,16-17,19-20H,4-13H2,1-3H3,(H,24,25,29)/t16-,19+,20+/m1/s1. The zero-order valence-electron chi connectivity index (χ0n) is 19.4. The Labute approximate surface area is 194 Å². The molecule has 3 atom stereocenters. The summed E-state index contributed by atoms with van der Waals surface area (Å²) in [4.78, 5) is 49.1. The second-order valence-electron chi connectivity index (χ2n) is 9.41. The highest BCUT2D eigenvalue weighted by molar-refractivity contribution is 7.14. The monoisotopic (exact) mass is 461 g/mol. The van der Waals surface area contributed by atoms with Gasteiger partial charge in [-0.1, -0.05) is 19.8 Å². The molecule has 0 spiro atoms. The van der Waals surface area contributed by atoms with Gasteiger partial charge in [0.1, 0.15) is 11.7 Å². The Kier molecular flexibility index (Phi) is 7.14. The first kappa shape index (κ1) is 23.2. The number of likely N-dealkylation sites (tertiary alicyclic amines) is 2. The van der Waals surface area contributed by atoms with E-state index < -0.39 is 6.04 Å². The third-order valence-corrected chi connectivity index (χ3v) is 8.27. The molecule has 2 saturated heterocycles. The quantitative estimate of drug-likeness (QED) is 0.729. The van der Waals surface area contributed by atoms with Crippen LogP contribution in [0.25, 0.3) is 0 Å². The molecule has 0 bridgehead atoms. The van der Waals surface area contributed by atoms with Crippen molar-refractivity contribution in [3.8, 4) is 0 Å². The number of aromatic nitrogens is 1. The fourth-order valence-electron chi connectivity index (χ4n) is 5.72. The summed E-state index contributed by atoms with van der Waals surface area (Å²) in [6.07, 6.45) is 6.98. The molecule has 1 aromatic heterocycles. The Balaban J connectivity index is 1.53. The number of carbonyl (C=O) groups is 3. The minimum Gasteiger partial charge on any atom is -0.341 e. The number of fused-ring (bicyclic) bond motifs is 1. The lowest BCUT2D eigenvalue weighted by Crippen LogP contribution is -2.53. The minimum atomic E-state index is -0.421. The topological polar surface area (TPSA) is 85.9 Å². The first-order chi connectivity index (χ1) is 15.4. The van der Waals surface area contributed by atoms with Gasteiger partial charge in [-0.05, 0) is 44.6 Å². The van der Waals surface area contributed by atoms with E-state index in [2.05, 4.69) is 22.1 Å². The lowest BCUT2D eigenvalue weighted by Gasteiger charge is -2.39. The van der Waals surface area contributed by atoms with Crippen LogP contribution in [-0.4, -0.2) is 82.2 Å². The van der Waals surface area contributed by atoms with Crippen LogP contribution >= 0.6 is 11.3 Å². The van der Waals surface area contributed by atoms with Crippen LogP contribution in [0.2, 0.25) is 0 Å². The van der Waals surface area contributed by atoms with Gasteiger partial charge >= 0.3 is 0 Å². The van der Waals surface area contributed by atoms with Crippen LogP contribution < -0.4 is 5.32 Å². The molecule has 0 aromatic carbocycles. The molecule has 32 heavy (non-hydrogen) atoms. The highest BCUT2D eigenvalue weighted by Gasteiger charge is 2.49. The summed E-state index contributed by atoms with van der Waals surface area (Å²) in [5.41, 5.74) is 0.321. The summed E-state index contributed by atoms with van der Waals surface area (Å²) in [6, 6.07) is -0.0855. The lowest BCUT2D eigenvalue weighted by molar-refractivity contribution is -0.137. The predicted octanol–water partition coefficient (Wildman–Crippen LogP) is 2.82. The number of nitrogens with one attached hydrogen (secondary N) is 1. The van der Waals surface area contributed by atoms with Crippen LogP contribution in [0.1, 0.15) is 69.3 Å². The third-order valence-electron chi connectivity index (χ3n) is 7.51. The second-order valence-corrected chi connectivity index (χ2v) is 10.3. The van der Waals surface area contributed by atoms with E-state index in [1.807, 2.05) is 16.8 Å². The van der Waals surface area contributed by atoms with Crippen molar-refractivity contribution in [3.63, 3.8) is 0 Å². The van der Waals surface area contributed by atoms with E-state index in [-0.39, 0.29) is 29.8 Å². The number of carbonyl (C=O) groups excluding carboxylic acids is 3. The molecule has 3 heterocycles. The van der Waals surface area contributed by atoms with E-state index >= 15 is 0 Å². The number of likely N-dealkylation sites (N-methyl/N-ethyl adjacent to an activating group) is 1. The molecule has 1 saturated carbocycles. The number of thiazole rings is 1. The first-order valence-electron chi connectivity index (χ1n) is 11.9. The molecule has 3 aliphatic rings. The van der Waals surface area contributed by atoms with Crippen molar-refractivity contribution in [2.45, 2.75) is 76.9 Å². The summed E-state index contributed by atoms with van der Waals surface area (Å²) in [5, 5.41) is 4.76. The summed E-state index contributed by atoms with van der Waals surface area (Å²) < 4.78 is 0. The second kappa shape index (κ2) is 9.87. The zero-order chi connectivity index (χ0) is 22.8. The van der Waals surface area contributed by atoms with E-state index in [0.29, 0.717) is 16.7 Å². The smallest absolute Gasteiger partial charge is 0.274 e. The average Bonchev–Trinajstić information content (AvgIpc) is 3.42. The Bertz CT molecular complexity index is 850. The summed E-state index contributed by atoms with van der Waals surface area (Å²) in [7, 11) is 1.91. The molecular weight excluding hydrogens is 426 g/mol. The third kappa shape index (κ3) is 4.69. The summed E-state index contributed by atoms with van der Waals surface area (Å²) in [5.74, 6) is 0.0564. The molecule has 3 amide bonds. The van der Waals surface area contributed by atoms with Gasteiger partial charge in [-0.2, -0.15) is 0 Å². The molecular formula is C23H35N5O3S. The number of anilines is 1. The van der Waals surface area contributed by atoms with Gasteiger partial charge in [-0.15, -0.1) is 11.3 Å². The van der Waals surface area contributed by atoms with Crippen LogP contribution in [-0.2, 0) is 9.59 Å². The van der Waals surface area contributed by atoms with Crippen molar-refractivity contribution in [2.24, 2.45) is 5.92 Å². The first-order valence-corrected chi connectivity index (χ1v) is 12.8. The van der Waals surface area contributed by atoms with Crippen molar-refractivity contribution in [1.82, 2.24) is 19.7 Å². The normalized spacial score (nSPS) is 26.6. The summed E-state index contributed by atoms with van der Waals surface area (Å²) >= 11 is 1.24. The fourth-order valence-corrected chi connectivity index (χ4v) is 6.45. The molecule has 0 radical (unpaired) electrons. The molecule has 2 aliphatic heterocycles. The van der Waals surface area contributed by atoms with Crippen molar-refractivity contribution >= 4 is 34.2 Å². The molecule has 4 rings (SSSR count). The van der Waals surface area contributed by atoms with Crippen LogP contribution in [0.3, 0.4) is 0 Å². The minimum absolute atomic E-state index is 0.0695. The van der Waals surface area contributed by atoms with Crippen LogP contribution in [0.5, 0.6) is 0 Å². The molecule has 1 aromatic rings. The maximum Gasteiger partial charge on any atom is 0.274 e. The van der Waals surface area contributed by atoms with E-state index in [0.717, 1.165) is 58.2 Å². The van der Waals surface area contributed by atoms with Gasteiger partial charge in [0.05, 0.1) is 0 Å². The lowest BCUT2D eigenvalue weighted by atomic mass is 9.84. The van der Waals surface area contributed by atoms with E-state index in [1.165, 1.54) is 24.7 Å². The Morgan fingerprint density at radius 1 is 1.19 bits per heavy atom. The SMILES string of the molecule is CCN1CCC(N(C)C(=O)[C@@H]2C[C@H]3CCCC[C@@H]3N2C(=O)c2csc(NC(C)=O)n2)CC1. The van der Waals surface area contributed by atoms with Gasteiger partial charge in [0.15, 0.2) is 5.13 Å². The zero-order valence-corrected chi connectivity index (χ0v) is 20.2. The number of piperidine rings is 1. The van der Waals surface area contributed by atoms with Crippen LogP contribution in [0.15, 0.2) is 5.38 Å². The van der Waals surface area contributed by atoms with Crippen LogP contribution in [0.4, 0.5) is 5.13 Å². The molecule has 1 N–H and O–H groups in total. The number of nitrogens with zero attached hydrogens (tertiary/aromatic N) is 4. The summed E-state index contributed by atoms with van der Waals surface area (Å²) in [6.45, 7) is 6.68. The largest absolute Gasteiger partial charge is 0.341 e. The fraction of sp³-hybridized carbons (Fsp3) is 0.739. The van der Waals surface area contributed by atoms with Gasteiger partial charge in [0.25, 0.3) is 5.91 Å². The van der Waals surface area contributed by atoms with Gasteiger partial charge in [-0.3, -0.25) is 14.4 Å². The molecule has 3 fully saturated rings. The number of rotatable bonds is 5. The van der Waals surface area contributed by atoms with Crippen molar-refractivity contribution in [3.05, 3.63) is 11.1 Å². The van der Waals surface area contributed by atoms with E-state index in [4.69, 9.17) is 0 Å². The van der Waals surface area contributed by atoms with Crippen LogP contribution in [0, 0.1) is 5.92 Å². The Hall–Kier alpha value is -2.00. The van der Waals surface area contributed by atoms with E-state index in [9.17, 15) is 14.4 Å². The number of amides is 3. The number of hydrogen-bond donors (Lipinski definition) is 1. The Morgan fingerprint density at radius 3 is 2.59 bits per heavy atom. The maximum absolute atomic E-state index is 13.7. The van der Waals surface area contributed by atoms with E-state index in [1.54, 1.807) is 5.38 Å². The molecule has 176 valence electrons. The van der Waals surface area contributed by atoms with Gasteiger partial charge in [-0.25, -0.2) is 4.98 Å². The molecule has 8 nitrogen and oxygen atoms in total. The molecule has 1 aliphatic carbocycles. The van der Waals surface area contributed by atoms with Crippen molar-refractivity contribution in [1.29, 1.82) is 0 Å². The van der Waals surface area contributed by atoms with Gasteiger partial charge in [0.2, 0.25) is 11.8 Å². The molecule has 0 unspecified atom stereocenters. The maximum atomic E-state index is 13.7.